The van der Waals surface area contributed by atoms with Crippen molar-refractivity contribution in [1.29, 1.82) is 0 Å². The van der Waals surface area contributed by atoms with Crippen LogP contribution in [-0.4, -0.2) is 42.9 Å². The molecule has 0 aromatic rings. The molecule has 3 heteroatoms. The van der Waals surface area contributed by atoms with Crippen molar-refractivity contribution in [3.63, 3.8) is 0 Å². The smallest absolute Gasteiger partial charge is 0.102 e. The summed E-state index contributed by atoms with van der Waals surface area (Å²) in [4.78, 5) is 0. The zero-order valence-corrected chi connectivity index (χ0v) is 25.7. The normalized spacial score (nSPS) is 13.1. The Balaban J connectivity index is 0. The van der Waals surface area contributed by atoms with E-state index in [4.69, 9.17) is 0 Å². The summed E-state index contributed by atoms with van der Waals surface area (Å²) in [5.41, 5.74) is 0. The van der Waals surface area contributed by atoms with Crippen molar-refractivity contribution in [2.75, 3.05) is 33.3 Å². The van der Waals surface area contributed by atoms with E-state index in [9.17, 15) is 5.11 Å². The van der Waals surface area contributed by atoms with E-state index < -0.39 is 0 Å². The molecule has 0 heterocycles. The number of aliphatic hydroxyl groups excluding tert-OH is 1. The molecule has 0 amide bonds. The minimum absolute atomic E-state index is 0. The third-order valence-electron chi connectivity index (χ3n) is 7.74. The molecule has 0 rings (SSSR count). The molecular weight excluding hydrogens is 482 g/mol. The SMILES string of the molecule is CCCCCCCCCCCCCCCC[N+](C)(CCO)CCCCCCCCCCCC.[Br-]. The van der Waals surface area contributed by atoms with Crippen LogP contribution in [0.25, 0.3) is 0 Å². The van der Waals surface area contributed by atoms with Gasteiger partial charge in [-0.1, -0.05) is 142 Å². The van der Waals surface area contributed by atoms with Crippen molar-refractivity contribution in [3.05, 3.63) is 0 Å². The van der Waals surface area contributed by atoms with Crippen LogP contribution in [0.2, 0.25) is 0 Å². The third-order valence-corrected chi connectivity index (χ3v) is 7.74. The summed E-state index contributed by atoms with van der Waals surface area (Å²) in [6, 6.07) is 0. The zero-order chi connectivity index (χ0) is 24.3. The summed E-state index contributed by atoms with van der Waals surface area (Å²) in [7, 11) is 2.38. The topological polar surface area (TPSA) is 20.2 Å². The van der Waals surface area contributed by atoms with Gasteiger partial charge in [-0.2, -0.15) is 0 Å². The van der Waals surface area contributed by atoms with Crippen LogP contribution in [0.4, 0.5) is 0 Å². The van der Waals surface area contributed by atoms with Crippen molar-refractivity contribution >= 4 is 0 Å². The minimum Gasteiger partial charge on any atom is -1.00 e. The summed E-state index contributed by atoms with van der Waals surface area (Å²) in [5.74, 6) is 0. The average Bonchev–Trinajstić information content (AvgIpc) is 2.81. The van der Waals surface area contributed by atoms with E-state index in [0.29, 0.717) is 6.61 Å². The fraction of sp³-hybridized carbons (Fsp3) is 1.00. The number of likely N-dealkylation sites (N-methyl/N-ethyl adjacent to an activating group) is 1. The van der Waals surface area contributed by atoms with Gasteiger partial charge in [0.15, 0.2) is 0 Å². The van der Waals surface area contributed by atoms with Crippen molar-refractivity contribution in [1.82, 2.24) is 0 Å². The molecule has 0 radical (unpaired) electrons. The highest BCUT2D eigenvalue weighted by Gasteiger charge is 2.19. The number of hydrogen-bond donors (Lipinski definition) is 1. The molecule has 0 saturated heterocycles. The number of rotatable bonds is 28. The lowest BCUT2D eigenvalue weighted by molar-refractivity contribution is -0.910. The second-order valence-electron chi connectivity index (χ2n) is 11.3. The lowest BCUT2D eigenvalue weighted by Gasteiger charge is -2.34. The zero-order valence-electron chi connectivity index (χ0n) is 24.1. The van der Waals surface area contributed by atoms with Crippen LogP contribution >= 0.6 is 0 Å². The molecular formula is C31H66BrNO. The van der Waals surface area contributed by atoms with Crippen molar-refractivity contribution < 1.29 is 26.6 Å². The molecule has 34 heavy (non-hydrogen) atoms. The molecule has 0 aliphatic rings. The van der Waals surface area contributed by atoms with E-state index in [1.807, 2.05) is 0 Å². The molecule has 1 atom stereocenters. The maximum atomic E-state index is 9.56. The van der Waals surface area contributed by atoms with E-state index >= 15 is 0 Å². The van der Waals surface area contributed by atoms with Gasteiger partial charge in [-0.25, -0.2) is 0 Å². The van der Waals surface area contributed by atoms with Gasteiger partial charge in [0.2, 0.25) is 0 Å². The highest BCUT2D eigenvalue weighted by atomic mass is 79.9. The molecule has 0 saturated carbocycles. The van der Waals surface area contributed by atoms with Gasteiger partial charge in [0.05, 0.1) is 26.7 Å². The summed E-state index contributed by atoms with van der Waals surface area (Å²) in [6.07, 6.45) is 34.1. The van der Waals surface area contributed by atoms with Crippen LogP contribution in [0.3, 0.4) is 0 Å². The van der Waals surface area contributed by atoms with Crippen molar-refractivity contribution in [3.8, 4) is 0 Å². The van der Waals surface area contributed by atoms with Gasteiger partial charge < -0.3 is 26.6 Å². The number of halogens is 1. The van der Waals surface area contributed by atoms with Gasteiger partial charge in [0.1, 0.15) is 6.54 Å². The summed E-state index contributed by atoms with van der Waals surface area (Å²) >= 11 is 0. The highest BCUT2D eigenvalue weighted by molar-refractivity contribution is 4.52. The van der Waals surface area contributed by atoms with E-state index in [1.165, 1.54) is 167 Å². The second-order valence-corrected chi connectivity index (χ2v) is 11.3. The van der Waals surface area contributed by atoms with Gasteiger partial charge in [-0.3, -0.25) is 0 Å². The first-order valence-corrected chi connectivity index (χ1v) is 15.6. The molecule has 1 unspecified atom stereocenters. The van der Waals surface area contributed by atoms with Crippen LogP contribution in [-0.2, 0) is 0 Å². The molecule has 0 bridgehead atoms. The minimum atomic E-state index is 0. The monoisotopic (exact) mass is 547 g/mol. The Morgan fingerprint density at radius 3 is 0.853 bits per heavy atom. The van der Waals surface area contributed by atoms with Crippen LogP contribution in [0.1, 0.15) is 168 Å². The molecule has 0 aliphatic heterocycles. The first-order valence-electron chi connectivity index (χ1n) is 15.6. The lowest BCUT2D eigenvalue weighted by atomic mass is 10.0. The highest BCUT2D eigenvalue weighted by Crippen LogP contribution is 2.16. The maximum Gasteiger partial charge on any atom is 0.102 e. The molecule has 0 aromatic carbocycles. The lowest BCUT2D eigenvalue weighted by Crippen LogP contribution is -3.00. The van der Waals surface area contributed by atoms with Crippen LogP contribution in [0.5, 0.6) is 0 Å². The number of hydrogen-bond acceptors (Lipinski definition) is 1. The van der Waals surface area contributed by atoms with E-state index in [-0.39, 0.29) is 17.0 Å². The largest absolute Gasteiger partial charge is 1.00 e. The number of unbranched alkanes of at least 4 members (excludes halogenated alkanes) is 22. The van der Waals surface area contributed by atoms with Crippen LogP contribution in [0.15, 0.2) is 0 Å². The fourth-order valence-electron chi connectivity index (χ4n) is 5.25. The van der Waals surface area contributed by atoms with Gasteiger partial charge in [-0.05, 0) is 25.7 Å². The Morgan fingerprint density at radius 1 is 0.382 bits per heavy atom. The predicted molar refractivity (Wildman–Crippen MR) is 150 cm³/mol. The Hall–Kier alpha value is 0.400. The number of quaternary nitrogens is 1. The average molecular weight is 549 g/mol. The number of nitrogens with zero attached hydrogens (tertiary/aromatic N) is 1. The maximum absolute atomic E-state index is 9.56. The third kappa shape index (κ3) is 27.0. The summed E-state index contributed by atoms with van der Waals surface area (Å²) in [6.45, 7) is 8.39. The molecule has 0 fully saturated rings. The summed E-state index contributed by atoms with van der Waals surface area (Å²) < 4.78 is 1.09. The predicted octanol–water partition coefficient (Wildman–Crippen LogP) is 6.83. The Bertz CT molecular complexity index is 365. The molecule has 0 spiro atoms. The first kappa shape index (κ1) is 36.6. The molecule has 0 aromatic heterocycles. The Kier molecular flexibility index (Phi) is 31.9. The number of aliphatic hydroxyl groups is 1. The van der Waals surface area contributed by atoms with Crippen LogP contribution < -0.4 is 17.0 Å². The fourth-order valence-corrected chi connectivity index (χ4v) is 5.25. The quantitative estimate of drug-likeness (QED) is 0.0839. The first-order chi connectivity index (χ1) is 16.2. The molecule has 2 nitrogen and oxygen atoms in total. The van der Waals surface area contributed by atoms with Gasteiger partial charge >= 0.3 is 0 Å². The molecule has 208 valence electrons. The van der Waals surface area contributed by atoms with Gasteiger partial charge in [-0.15, -0.1) is 0 Å². The molecule has 0 aliphatic carbocycles. The van der Waals surface area contributed by atoms with E-state index in [0.717, 1.165) is 11.0 Å². The van der Waals surface area contributed by atoms with E-state index in [2.05, 4.69) is 20.9 Å². The Morgan fingerprint density at radius 2 is 0.618 bits per heavy atom. The Labute approximate surface area is 227 Å². The van der Waals surface area contributed by atoms with Crippen LogP contribution in [0, 0.1) is 0 Å². The summed E-state index contributed by atoms with van der Waals surface area (Å²) in [5, 5.41) is 9.56. The van der Waals surface area contributed by atoms with Crippen molar-refractivity contribution in [2.45, 2.75) is 168 Å². The second kappa shape index (κ2) is 29.6. The van der Waals surface area contributed by atoms with Crippen molar-refractivity contribution in [2.24, 2.45) is 0 Å². The van der Waals surface area contributed by atoms with E-state index in [1.54, 1.807) is 0 Å². The standard InChI is InChI=1S/C31H66NO.BrH/c1-4-6-8-10-12-14-16-17-18-19-21-23-25-27-29-32(3,30-31-33)28-26-24-22-20-15-13-11-9-7-5-2;/h33H,4-31H2,1-3H3;1H/q+1;/p-1. The molecule has 1 N–H and O–H groups in total. The van der Waals surface area contributed by atoms with Gasteiger partial charge in [0.25, 0.3) is 0 Å². The van der Waals surface area contributed by atoms with Gasteiger partial charge in [0, 0.05) is 0 Å².